The molecule has 2 atom stereocenters. The van der Waals surface area contributed by atoms with Crippen molar-refractivity contribution in [1.29, 1.82) is 5.26 Å². The number of alkyl halides is 1. The first-order valence-electron chi connectivity index (χ1n) is 3.79. The zero-order valence-electron chi connectivity index (χ0n) is 7.52. The molecular formula is C9H12INO. The maximum atomic E-state index is 8.91. The number of nitrogens with zero attached hydrogens (tertiary/aromatic N) is 1. The van der Waals surface area contributed by atoms with Crippen molar-refractivity contribution in [2.24, 2.45) is 5.92 Å². The van der Waals surface area contributed by atoms with Gasteiger partial charge in [-0.3, -0.25) is 0 Å². The summed E-state index contributed by atoms with van der Waals surface area (Å²) >= 11 is 2.28. The number of ether oxygens (including phenoxy) is 1. The molecule has 12 heavy (non-hydrogen) atoms. The van der Waals surface area contributed by atoms with E-state index in [1.165, 1.54) is 0 Å². The Balaban J connectivity index is 3.11. The van der Waals surface area contributed by atoms with Crippen molar-refractivity contribution in [3.63, 3.8) is 0 Å². The molecule has 0 aromatic rings. The van der Waals surface area contributed by atoms with E-state index in [1.807, 2.05) is 20.8 Å². The lowest BCUT2D eigenvalue weighted by Crippen LogP contribution is -2.41. The molecule has 0 aromatic carbocycles. The molecule has 1 fully saturated rings. The smallest absolute Gasteiger partial charge is 0.121 e. The van der Waals surface area contributed by atoms with Crippen LogP contribution in [0.3, 0.4) is 0 Å². The highest BCUT2D eigenvalue weighted by atomic mass is 127. The fourth-order valence-corrected chi connectivity index (χ4v) is 1.93. The summed E-state index contributed by atoms with van der Waals surface area (Å²) in [6.07, 6.45) is 0. The first-order chi connectivity index (χ1) is 5.33. The van der Waals surface area contributed by atoms with Gasteiger partial charge in [-0.1, -0.05) is 29.2 Å². The Labute approximate surface area is 86.7 Å². The molecule has 0 spiro atoms. The Hall–Kier alpha value is -0.240. The minimum atomic E-state index is -0.301. The minimum absolute atomic E-state index is 0.184. The minimum Gasteiger partial charge on any atom is -0.490 e. The Morgan fingerprint density at radius 3 is 2.25 bits per heavy atom. The fourth-order valence-electron chi connectivity index (χ4n) is 1.33. The first kappa shape index (κ1) is 9.85. The third kappa shape index (κ3) is 1.13. The van der Waals surface area contributed by atoms with Gasteiger partial charge in [0.05, 0.1) is 9.49 Å². The van der Waals surface area contributed by atoms with E-state index in [-0.39, 0.29) is 14.9 Å². The molecule has 0 N–H and O–H groups in total. The largest absolute Gasteiger partial charge is 0.490 e. The lowest BCUT2D eigenvalue weighted by Gasteiger charge is -2.31. The molecule has 0 bridgehead atoms. The van der Waals surface area contributed by atoms with Crippen molar-refractivity contribution >= 4 is 22.6 Å². The summed E-state index contributed by atoms with van der Waals surface area (Å²) in [6, 6.07) is 2.23. The second-order valence-electron chi connectivity index (χ2n) is 3.72. The number of nitriles is 1. The van der Waals surface area contributed by atoms with Crippen LogP contribution in [-0.2, 0) is 4.74 Å². The van der Waals surface area contributed by atoms with Crippen molar-refractivity contribution in [3.05, 3.63) is 12.3 Å². The highest BCUT2D eigenvalue weighted by Crippen LogP contribution is 2.50. The van der Waals surface area contributed by atoms with E-state index < -0.39 is 0 Å². The summed E-state index contributed by atoms with van der Waals surface area (Å²) in [4.78, 5) is 0. The van der Waals surface area contributed by atoms with E-state index in [4.69, 9.17) is 10.00 Å². The highest BCUT2D eigenvalue weighted by molar-refractivity contribution is 14.1. The van der Waals surface area contributed by atoms with Gasteiger partial charge >= 0.3 is 0 Å². The number of hydrogen-bond donors (Lipinski definition) is 0. The van der Waals surface area contributed by atoms with E-state index in [0.717, 1.165) is 0 Å². The monoisotopic (exact) mass is 277 g/mol. The maximum absolute atomic E-state index is 8.91. The van der Waals surface area contributed by atoms with Gasteiger partial charge in [0.2, 0.25) is 0 Å². The Morgan fingerprint density at radius 2 is 2.08 bits per heavy atom. The van der Waals surface area contributed by atoms with Gasteiger partial charge in [0.15, 0.2) is 0 Å². The van der Waals surface area contributed by atoms with Crippen LogP contribution in [0.2, 0.25) is 0 Å². The van der Waals surface area contributed by atoms with Gasteiger partial charge in [0.1, 0.15) is 17.3 Å². The predicted molar refractivity (Wildman–Crippen MR) is 55.8 cm³/mol. The topological polar surface area (TPSA) is 33.0 Å². The molecule has 0 aliphatic carbocycles. The summed E-state index contributed by atoms with van der Waals surface area (Å²) in [5.41, 5.74) is -0.301. The van der Waals surface area contributed by atoms with Gasteiger partial charge in [0.25, 0.3) is 0 Å². The zero-order chi connectivity index (χ0) is 9.57. The van der Waals surface area contributed by atoms with E-state index in [0.29, 0.717) is 5.76 Å². The van der Waals surface area contributed by atoms with E-state index in [2.05, 4.69) is 35.2 Å². The summed E-state index contributed by atoms with van der Waals surface area (Å²) in [5.74, 6) is 0.396. The summed E-state index contributed by atoms with van der Waals surface area (Å²) < 4.78 is 5.36. The van der Waals surface area contributed by atoms with Gasteiger partial charge in [-0.2, -0.15) is 5.26 Å². The second-order valence-corrected chi connectivity index (χ2v) is 5.96. The standard InChI is InChI=1S/C9H12INO/c1-6-7(5-11)9(4,10)8(2,3)12-6/h7H,1H2,2-4H3/t7?,9-/m0/s1. The number of halogens is 1. The molecule has 1 unspecified atom stereocenters. The van der Waals surface area contributed by atoms with Crippen molar-refractivity contribution in [1.82, 2.24) is 0 Å². The molecule has 1 aliphatic rings. The van der Waals surface area contributed by atoms with E-state index >= 15 is 0 Å². The van der Waals surface area contributed by atoms with Crippen LogP contribution in [0.15, 0.2) is 12.3 Å². The van der Waals surface area contributed by atoms with Crippen LogP contribution in [0.1, 0.15) is 20.8 Å². The van der Waals surface area contributed by atoms with Gasteiger partial charge in [-0.05, 0) is 20.8 Å². The average molecular weight is 277 g/mol. The molecule has 66 valence electrons. The fraction of sp³-hybridized carbons (Fsp3) is 0.667. The van der Waals surface area contributed by atoms with Crippen LogP contribution in [0.25, 0.3) is 0 Å². The lowest BCUT2D eigenvalue weighted by atomic mass is 9.85. The molecule has 1 heterocycles. The number of allylic oxidation sites excluding steroid dienone is 1. The van der Waals surface area contributed by atoms with Crippen LogP contribution in [-0.4, -0.2) is 9.02 Å². The van der Waals surface area contributed by atoms with Crippen molar-refractivity contribution in [3.8, 4) is 6.07 Å². The summed E-state index contributed by atoms with van der Waals surface area (Å²) in [5, 5.41) is 8.91. The quantitative estimate of drug-likeness (QED) is 0.503. The van der Waals surface area contributed by atoms with E-state index in [9.17, 15) is 0 Å². The summed E-state index contributed by atoms with van der Waals surface area (Å²) in [7, 11) is 0. The molecule has 1 rings (SSSR count). The van der Waals surface area contributed by atoms with Gasteiger partial charge in [0, 0.05) is 0 Å². The van der Waals surface area contributed by atoms with Gasteiger partial charge in [-0.25, -0.2) is 0 Å². The van der Waals surface area contributed by atoms with Crippen LogP contribution in [0.4, 0.5) is 0 Å². The third-order valence-corrected chi connectivity index (χ3v) is 4.48. The SMILES string of the molecule is C=C1OC(C)(C)[C@@](C)(I)C1C#N. The van der Waals surface area contributed by atoms with Crippen LogP contribution in [0.5, 0.6) is 0 Å². The third-order valence-electron chi connectivity index (χ3n) is 2.56. The van der Waals surface area contributed by atoms with Gasteiger partial charge < -0.3 is 4.74 Å². The summed E-state index contributed by atoms with van der Waals surface area (Å²) in [6.45, 7) is 9.75. The molecule has 0 radical (unpaired) electrons. The van der Waals surface area contributed by atoms with Crippen molar-refractivity contribution in [2.75, 3.05) is 0 Å². The first-order valence-corrected chi connectivity index (χ1v) is 4.87. The average Bonchev–Trinajstić information content (AvgIpc) is 1.99. The zero-order valence-corrected chi connectivity index (χ0v) is 9.68. The maximum Gasteiger partial charge on any atom is 0.121 e. The molecule has 0 aromatic heterocycles. The molecule has 0 amide bonds. The Bertz CT molecular complexity index is 262. The number of hydrogen-bond acceptors (Lipinski definition) is 2. The predicted octanol–water partition coefficient (Wildman–Crippen LogP) is 2.64. The normalized spacial score (nSPS) is 38.9. The Kier molecular flexibility index (Phi) is 2.15. The molecule has 2 nitrogen and oxygen atoms in total. The molecule has 0 saturated carbocycles. The van der Waals surface area contributed by atoms with Gasteiger partial charge in [-0.15, -0.1) is 0 Å². The van der Waals surface area contributed by atoms with Crippen LogP contribution < -0.4 is 0 Å². The Morgan fingerprint density at radius 1 is 1.58 bits per heavy atom. The van der Waals surface area contributed by atoms with E-state index in [1.54, 1.807) is 0 Å². The molecule has 1 saturated heterocycles. The van der Waals surface area contributed by atoms with Crippen molar-refractivity contribution < 1.29 is 4.74 Å². The molecule has 1 aliphatic heterocycles. The van der Waals surface area contributed by atoms with Crippen molar-refractivity contribution in [2.45, 2.75) is 29.8 Å². The van der Waals surface area contributed by atoms with Crippen LogP contribution >= 0.6 is 22.6 Å². The second kappa shape index (κ2) is 2.63. The molecule has 3 heteroatoms. The van der Waals surface area contributed by atoms with Crippen LogP contribution in [0, 0.1) is 17.2 Å². The highest BCUT2D eigenvalue weighted by Gasteiger charge is 2.55. The molecular weight excluding hydrogens is 265 g/mol. The number of rotatable bonds is 0. The lowest BCUT2D eigenvalue weighted by molar-refractivity contribution is 0.0641.